The second-order valence-corrected chi connectivity index (χ2v) is 4.71. The fourth-order valence-electron chi connectivity index (χ4n) is 1.29. The highest BCUT2D eigenvalue weighted by Crippen LogP contribution is 2.35. The van der Waals surface area contributed by atoms with Crippen LogP contribution in [-0.4, -0.2) is 19.1 Å². The monoisotopic (exact) mass is 265 g/mol. The molecule has 0 spiro atoms. The number of carbonyl (C=O) groups excluding carboxylic acids is 1. The average molecular weight is 265 g/mol. The number of hydrogen-bond acceptors (Lipinski definition) is 6. The summed E-state index contributed by atoms with van der Waals surface area (Å²) in [5.41, 5.74) is 7.10. The largest absolute Gasteiger partial charge is 0.462 e. The normalized spacial score (nSPS) is 9.61. The van der Waals surface area contributed by atoms with E-state index >= 15 is 0 Å². The standard InChI is InChI=1S/C12H15N3O2S/c1-4-17-12(16)9-10(14)8(5-13)18-11(9)15-6-7(2)3/h15H,2,4,6,14H2,1,3H3. The van der Waals surface area contributed by atoms with Gasteiger partial charge in [0.15, 0.2) is 0 Å². The van der Waals surface area contributed by atoms with E-state index in [-0.39, 0.29) is 17.9 Å². The van der Waals surface area contributed by atoms with Gasteiger partial charge in [-0.1, -0.05) is 12.2 Å². The number of nitrogen functional groups attached to an aromatic ring is 1. The number of carbonyl (C=O) groups is 1. The number of nitriles is 1. The summed E-state index contributed by atoms with van der Waals surface area (Å²) < 4.78 is 4.93. The van der Waals surface area contributed by atoms with Crippen LogP contribution < -0.4 is 11.1 Å². The van der Waals surface area contributed by atoms with Crippen molar-refractivity contribution in [2.45, 2.75) is 13.8 Å². The number of anilines is 2. The number of esters is 1. The minimum absolute atomic E-state index is 0.171. The average Bonchev–Trinajstić information content (AvgIpc) is 2.63. The first-order valence-electron chi connectivity index (χ1n) is 5.39. The highest BCUT2D eigenvalue weighted by molar-refractivity contribution is 7.17. The molecule has 0 saturated carbocycles. The van der Waals surface area contributed by atoms with Crippen LogP contribution in [0.2, 0.25) is 0 Å². The third-order valence-corrected chi connectivity index (χ3v) is 3.14. The molecule has 0 aromatic carbocycles. The number of nitrogens with zero attached hydrogens (tertiary/aromatic N) is 1. The van der Waals surface area contributed by atoms with Gasteiger partial charge in [-0.2, -0.15) is 5.26 Å². The van der Waals surface area contributed by atoms with E-state index in [9.17, 15) is 4.79 Å². The second-order valence-electron chi connectivity index (χ2n) is 3.69. The molecule has 3 N–H and O–H groups in total. The van der Waals surface area contributed by atoms with Gasteiger partial charge in [0.1, 0.15) is 21.5 Å². The minimum atomic E-state index is -0.517. The van der Waals surface area contributed by atoms with E-state index in [1.54, 1.807) is 6.92 Å². The van der Waals surface area contributed by atoms with Gasteiger partial charge < -0.3 is 15.8 Å². The Labute approximate surface area is 110 Å². The maximum absolute atomic E-state index is 11.8. The van der Waals surface area contributed by atoms with Crippen molar-refractivity contribution in [3.05, 3.63) is 22.6 Å². The third-order valence-electron chi connectivity index (χ3n) is 2.08. The highest BCUT2D eigenvalue weighted by Gasteiger charge is 2.22. The lowest BCUT2D eigenvalue weighted by Gasteiger charge is -2.07. The molecule has 1 rings (SSSR count). The van der Waals surface area contributed by atoms with E-state index in [4.69, 9.17) is 15.7 Å². The molecule has 1 heterocycles. The van der Waals surface area contributed by atoms with Gasteiger partial charge in [0.2, 0.25) is 0 Å². The van der Waals surface area contributed by atoms with Crippen LogP contribution in [0.4, 0.5) is 10.7 Å². The fourth-order valence-corrected chi connectivity index (χ4v) is 2.19. The zero-order valence-electron chi connectivity index (χ0n) is 10.4. The Kier molecular flexibility index (Phi) is 4.75. The molecule has 1 aromatic heterocycles. The van der Waals surface area contributed by atoms with E-state index in [2.05, 4.69) is 11.9 Å². The van der Waals surface area contributed by atoms with Crippen molar-refractivity contribution in [2.24, 2.45) is 0 Å². The Balaban J connectivity index is 3.11. The van der Waals surface area contributed by atoms with Crippen LogP contribution in [0.15, 0.2) is 12.2 Å². The predicted octanol–water partition coefficient (Wildman–Crippen LogP) is 2.37. The van der Waals surface area contributed by atoms with Crippen LogP contribution in [0.1, 0.15) is 29.1 Å². The first-order chi connectivity index (χ1) is 8.51. The Hall–Kier alpha value is -2.00. The molecule has 0 amide bonds. The van der Waals surface area contributed by atoms with Crippen LogP contribution in [0, 0.1) is 11.3 Å². The summed E-state index contributed by atoms with van der Waals surface area (Å²) >= 11 is 1.14. The lowest BCUT2D eigenvalue weighted by Crippen LogP contribution is -2.10. The van der Waals surface area contributed by atoms with Gasteiger partial charge in [0, 0.05) is 6.54 Å². The molecule has 0 bridgehead atoms. The molecule has 0 radical (unpaired) electrons. The summed E-state index contributed by atoms with van der Waals surface area (Å²) in [5, 5.41) is 12.5. The zero-order valence-corrected chi connectivity index (χ0v) is 11.2. The van der Waals surface area contributed by atoms with Crippen LogP contribution in [-0.2, 0) is 4.74 Å². The van der Waals surface area contributed by atoms with Crippen LogP contribution >= 0.6 is 11.3 Å². The second kappa shape index (κ2) is 6.07. The third kappa shape index (κ3) is 3.02. The predicted molar refractivity (Wildman–Crippen MR) is 72.7 cm³/mol. The molecule has 5 nitrogen and oxygen atoms in total. The molecule has 96 valence electrons. The van der Waals surface area contributed by atoms with Crippen LogP contribution in [0.5, 0.6) is 0 Å². The molecule has 0 unspecified atom stereocenters. The number of ether oxygens (including phenoxy) is 1. The Morgan fingerprint density at radius 1 is 1.67 bits per heavy atom. The smallest absolute Gasteiger partial charge is 0.343 e. The summed E-state index contributed by atoms with van der Waals surface area (Å²) in [6.07, 6.45) is 0. The number of nitrogens with two attached hydrogens (primary N) is 1. The van der Waals surface area contributed by atoms with Crippen molar-refractivity contribution < 1.29 is 9.53 Å². The number of hydrogen-bond donors (Lipinski definition) is 2. The molecule has 0 aliphatic rings. The first-order valence-corrected chi connectivity index (χ1v) is 6.20. The number of nitrogens with one attached hydrogen (secondary N) is 1. The van der Waals surface area contributed by atoms with Crippen LogP contribution in [0.25, 0.3) is 0 Å². The molecule has 0 saturated heterocycles. The number of rotatable bonds is 5. The van der Waals surface area contributed by atoms with Gasteiger partial charge in [0.05, 0.1) is 12.3 Å². The van der Waals surface area contributed by atoms with Gasteiger partial charge in [-0.15, -0.1) is 11.3 Å². The summed E-state index contributed by atoms with van der Waals surface area (Å²) in [4.78, 5) is 12.1. The zero-order chi connectivity index (χ0) is 13.7. The number of thiophene rings is 1. The topological polar surface area (TPSA) is 88.1 Å². The Morgan fingerprint density at radius 3 is 2.83 bits per heavy atom. The SMILES string of the molecule is C=C(C)CNc1sc(C#N)c(N)c1C(=O)OCC. The minimum Gasteiger partial charge on any atom is -0.462 e. The summed E-state index contributed by atoms with van der Waals surface area (Å²) in [5.74, 6) is -0.517. The van der Waals surface area contributed by atoms with Crippen molar-refractivity contribution in [3.63, 3.8) is 0 Å². The Bertz CT molecular complexity index is 514. The molecule has 6 heteroatoms. The molecular weight excluding hydrogens is 250 g/mol. The Morgan fingerprint density at radius 2 is 2.33 bits per heavy atom. The van der Waals surface area contributed by atoms with Gasteiger partial charge in [0.25, 0.3) is 0 Å². The lowest BCUT2D eigenvalue weighted by molar-refractivity contribution is 0.0529. The van der Waals surface area contributed by atoms with E-state index in [0.717, 1.165) is 16.9 Å². The summed E-state index contributed by atoms with van der Waals surface area (Å²) in [6.45, 7) is 8.11. The van der Waals surface area contributed by atoms with Crippen molar-refractivity contribution >= 4 is 28.0 Å². The molecular formula is C12H15N3O2S. The summed E-state index contributed by atoms with van der Waals surface area (Å²) in [7, 11) is 0. The van der Waals surface area contributed by atoms with E-state index < -0.39 is 5.97 Å². The molecule has 0 fully saturated rings. The molecule has 0 aliphatic heterocycles. The van der Waals surface area contributed by atoms with Gasteiger partial charge in [-0.25, -0.2) is 4.79 Å². The van der Waals surface area contributed by atoms with Crippen molar-refractivity contribution in [1.82, 2.24) is 0 Å². The van der Waals surface area contributed by atoms with E-state index in [1.807, 2.05) is 13.0 Å². The molecule has 1 aromatic rings. The quantitative estimate of drug-likeness (QED) is 0.630. The highest BCUT2D eigenvalue weighted by atomic mass is 32.1. The van der Waals surface area contributed by atoms with E-state index in [0.29, 0.717) is 16.4 Å². The van der Waals surface area contributed by atoms with Crippen molar-refractivity contribution in [2.75, 3.05) is 24.2 Å². The maximum Gasteiger partial charge on any atom is 0.343 e. The first kappa shape index (κ1) is 14.1. The summed E-state index contributed by atoms with van der Waals surface area (Å²) in [6, 6.07) is 1.96. The lowest BCUT2D eigenvalue weighted by atomic mass is 10.2. The van der Waals surface area contributed by atoms with Crippen molar-refractivity contribution in [3.8, 4) is 6.07 Å². The molecule has 0 atom stereocenters. The van der Waals surface area contributed by atoms with Crippen molar-refractivity contribution in [1.29, 1.82) is 5.26 Å². The fraction of sp³-hybridized carbons (Fsp3) is 0.333. The molecule has 18 heavy (non-hydrogen) atoms. The van der Waals surface area contributed by atoms with Crippen LogP contribution in [0.3, 0.4) is 0 Å². The van der Waals surface area contributed by atoms with E-state index in [1.165, 1.54) is 0 Å². The maximum atomic E-state index is 11.8. The molecule has 0 aliphatic carbocycles. The van der Waals surface area contributed by atoms with Gasteiger partial charge in [-0.05, 0) is 13.8 Å². The van der Waals surface area contributed by atoms with Gasteiger partial charge in [-0.3, -0.25) is 0 Å². The van der Waals surface area contributed by atoms with Gasteiger partial charge >= 0.3 is 5.97 Å².